The summed E-state index contributed by atoms with van der Waals surface area (Å²) in [6.07, 6.45) is 0. The second kappa shape index (κ2) is 12.3. The van der Waals surface area contributed by atoms with Gasteiger partial charge in [-0.15, -0.1) is 0 Å². The highest BCUT2D eigenvalue weighted by Crippen LogP contribution is 2.46. The number of rotatable bonds is 6. The standard InChI is InChI=1S/C46H31BrN2/c47-37-29-39(48(38-27-26-32-12-1-2-16-36(32)28-38)44-23-9-17-33-13-3-6-20-41(33)44)31-40(30-37)49(45-24-10-18-34-14-4-7-21-42(34)45)46-25-11-19-35-15-5-8-22-43(35)46/h1-31H. The number of anilines is 6. The molecule has 0 saturated heterocycles. The zero-order valence-corrected chi connectivity index (χ0v) is 28.3. The molecule has 0 atom stereocenters. The molecule has 0 aromatic heterocycles. The number of benzene rings is 9. The summed E-state index contributed by atoms with van der Waals surface area (Å²) in [5.74, 6) is 0. The van der Waals surface area contributed by atoms with E-state index in [0.717, 1.165) is 38.6 Å². The van der Waals surface area contributed by atoms with Gasteiger partial charge in [-0.25, -0.2) is 0 Å². The van der Waals surface area contributed by atoms with Crippen LogP contribution in [0.25, 0.3) is 43.1 Å². The van der Waals surface area contributed by atoms with Crippen molar-refractivity contribution in [3.8, 4) is 0 Å². The first-order valence-electron chi connectivity index (χ1n) is 16.5. The minimum atomic E-state index is 0.997. The first-order valence-corrected chi connectivity index (χ1v) is 17.3. The van der Waals surface area contributed by atoms with Crippen molar-refractivity contribution in [3.63, 3.8) is 0 Å². The Morgan fingerprint density at radius 2 is 0.694 bits per heavy atom. The third kappa shape index (κ3) is 5.29. The summed E-state index contributed by atoms with van der Waals surface area (Å²) in [5, 5.41) is 9.61. The fourth-order valence-corrected chi connectivity index (χ4v) is 7.65. The van der Waals surface area contributed by atoms with Gasteiger partial charge in [-0.2, -0.15) is 0 Å². The molecule has 0 aliphatic rings. The van der Waals surface area contributed by atoms with Gasteiger partial charge in [-0.05, 0) is 75.5 Å². The summed E-state index contributed by atoms with van der Waals surface area (Å²) >= 11 is 3.98. The lowest BCUT2D eigenvalue weighted by atomic mass is 10.0. The number of hydrogen-bond acceptors (Lipinski definition) is 2. The van der Waals surface area contributed by atoms with Crippen LogP contribution in [0, 0.1) is 0 Å². The molecule has 49 heavy (non-hydrogen) atoms. The van der Waals surface area contributed by atoms with Gasteiger partial charge in [0.25, 0.3) is 0 Å². The Hall–Kier alpha value is -5.90. The van der Waals surface area contributed by atoms with Crippen LogP contribution < -0.4 is 9.80 Å². The fourth-order valence-electron chi connectivity index (χ4n) is 7.18. The maximum atomic E-state index is 3.98. The van der Waals surface area contributed by atoms with E-state index in [4.69, 9.17) is 0 Å². The third-order valence-electron chi connectivity index (χ3n) is 9.40. The Morgan fingerprint density at radius 3 is 1.22 bits per heavy atom. The normalized spacial score (nSPS) is 11.4. The first kappa shape index (κ1) is 29.3. The highest BCUT2D eigenvalue weighted by Gasteiger charge is 2.22. The Bertz CT molecular complexity index is 2570. The molecule has 9 rings (SSSR count). The van der Waals surface area contributed by atoms with Crippen molar-refractivity contribution in [2.75, 3.05) is 9.80 Å². The topological polar surface area (TPSA) is 6.48 Å². The molecule has 0 heterocycles. The maximum Gasteiger partial charge on any atom is 0.0540 e. The Balaban J connectivity index is 1.33. The molecule has 232 valence electrons. The van der Waals surface area contributed by atoms with E-state index in [2.05, 4.69) is 214 Å². The fraction of sp³-hybridized carbons (Fsp3) is 0. The molecule has 0 fully saturated rings. The minimum Gasteiger partial charge on any atom is -0.310 e. The molecule has 0 bridgehead atoms. The third-order valence-corrected chi connectivity index (χ3v) is 9.86. The summed E-state index contributed by atoms with van der Waals surface area (Å²) in [7, 11) is 0. The van der Waals surface area contributed by atoms with Gasteiger partial charge in [0.15, 0.2) is 0 Å². The van der Waals surface area contributed by atoms with Crippen molar-refractivity contribution in [1.29, 1.82) is 0 Å². The van der Waals surface area contributed by atoms with E-state index in [-0.39, 0.29) is 0 Å². The molecule has 0 N–H and O–H groups in total. The molecule has 0 aliphatic heterocycles. The average molecular weight is 692 g/mol. The second-order valence-corrected chi connectivity index (χ2v) is 13.3. The lowest BCUT2D eigenvalue weighted by Crippen LogP contribution is -2.14. The highest BCUT2D eigenvalue weighted by atomic mass is 79.9. The lowest BCUT2D eigenvalue weighted by molar-refractivity contribution is 1.26. The van der Waals surface area contributed by atoms with E-state index in [9.17, 15) is 0 Å². The predicted octanol–water partition coefficient (Wildman–Crippen LogP) is 14.0. The summed E-state index contributed by atoms with van der Waals surface area (Å²) in [5.41, 5.74) is 6.59. The van der Waals surface area contributed by atoms with Gasteiger partial charge in [-0.3, -0.25) is 0 Å². The molecule has 0 saturated carbocycles. The van der Waals surface area contributed by atoms with Crippen LogP contribution >= 0.6 is 15.9 Å². The molecule has 0 amide bonds. The summed E-state index contributed by atoms with van der Waals surface area (Å²) in [6, 6.07) is 67.8. The van der Waals surface area contributed by atoms with E-state index < -0.39 is 0 Å². The van der Waals surface area contributed by atoms with Crippen LogP contribution in [-0.4, -0.2) is 0 Å². The molecule has 9 aromatic carbocycles. The van der Waals surface area contributed by atoms with Crippen molar-refractivity contribution in [2.24, 2.45) is 0 Å². The van der Waals surface area contributed by atoms with Crippen LogP contribution in [0.2, 0.25) is 0 Å². The number of hydrogen-bond donors (Lipinski definition) is 0. The average Bonchev–Trinajstić information content (AvgIpc) is 3.15. The summed E-state index contributed by atoms with van der Waals surface area (Å²) in [4.78, 5) is 4.81. The van der Waals surface area contributed by atoms with E-state index >= 15 is 0 Å². The van der Waals surface area contributed by atoms with Gasteiger partial charge < -0.3 is 9.80 Å². The number of halogens is 1. The van der Waals surface area contributed by atoms with Crippen LogP contribution in [0.5, 0.6) is 0 Å². The van der Waals surface area contributed by atoms with E-state index in [1.807, 2.05) is 0 Å². The molecular formula is C46H31BrN2. The quantitative estimate of drug-likeness (QED) is 0.171. The largest absolute Gasteiger partial charge is 0.310 e. The van der Waals surface area contributed by atoms with Crippen LogP contribution in [-0.2, 0) is 0 Å². The van der Waals surface area contributed by atoms with Gasteiger partial charge in [0.05, 0.1) is 17.1 Å². The minimum absolute atomic E-state index is 0.997. The van der Waals surface area contributed by atoms with Gasteiger partial charge in [0.1, 0.15) is 0 Å². The van der Waals surface area contributed by atoms with Crippen molar-refractivity contribution >= 4 is 93.1 Å². The summed E-state index contributed by atoms with van der Waals surface area (Å²) in [6.45, 7) is 0. The molecule has 0 radical (unpaired) electrons. The van der Waals surface area contributed by atoms with Crippen molar-refractivity contribution < 1.29 is 0 Å². The molecule has 0 aliphatic carbocycles. The number of nitrogens with zero attached hydrogens (tertiary/aromatic N) is 2. The van der Waals surface area contributed by atoms with Crippen molar-refractivity contribution in [3.05, 3.63) is 193 Å². The van der Waals surface area contributed by atoms with Crippen molar-refractivity contribution in [1.82, 2.24) is 0 Å². The predicted molar refractivity (Wildman–Crippen MR) is 214 cm³/mol. The molecular weight excluding hydrogens is 660 g/mol. The molecule has 9 aromatic rings. The molecule has 0 unspecified atom stereocenters. The van der Waals surface area contributed by atoms with Crippen LogP contribution in [0.3, 0.4) is 0 Å². The lowest BCUT2D eigenvalue weighted by Gasteiger charge is -2.31. The van der Waals surface area contributed by atoms with E-state index in [0.29, 0.717) is 0 Å². The number of fused-ring (bicyclic) bond motifs is 4. The Labute approximate surface area is 294 Å². The van der Waals surface area contributed by atoms with E-state index in [1.54, 1.807) is 0 Å². The van der Waals surface area contributed by atoms with Gasteiger partial charge >= 0.3 is 0 Å². The van der Waals surface area contributed by atoms with Crippen LogP contribution in [0.15, 0.2) is 193 Å². The molecule has 3 heteroatoms. The SMILES string of the molecule is Brc1cc(N(c2ccc3ccccc3c2)c2cccc3ccccc23)cc(N(c2cccc3ccccc23)c2cccc3ccccc23)c1. The first-order chi connectivity index (χ1) is 24.2. The van der Waals surface area contributed by atoms with Crippen LogP contribution in [0.1, 0.15) is 0 Å². The van der Waals surface area contributed by atoms with E-state index in [1.165, 1.54) is 43.1 Å². The Morgan fingerprint density at radius 1 is 0.286 bits per heavy atom. The zero-order chi connectivity index (χ0) is 32.7. The molecule has 0 spiro atoms. The maximum absolute atomic E-state index is 3.98. The molecule has 2 nitrogen and oxygen atoms in total. The Kier molecular flexibility index (Phi) is 7.33. The van der Waals surface area contributed by atoms with Gasteiger partial charge in [0.2, 0.25) is 0 Å². The van der Waals surface area contributed by atoms with Crippen LogP contribution in [0.4, 0.5) is 34.1 Å². The van der Waals surface area contributed by atoms with Gasteiger partial charge in [-0.1, -0.05) is 155 Å². The summed E-state index contributed by atoms with van der Waals surface area (Å²) < 4.78 is 0.997. The van der Waals surface area contributed by atoms with Crippen molar-refractivity contribution in [2.45, 2.75) is 0 Å². The monoisotopic (exact) mass is 690 g/mol. The second-order valence-electron chi connectivity index (χ2n) is 12.4. The van der Waals surface area contributed by atoms with Gasteiger partial charge in [0, 0.05) is 37.7 Å². The zero-order valence-electron chi connectivity index (χ0n) is 26.7. The smallest absolute Gasteiger partial charge is 0.0540 e. The highest BCUT2D eigenvalue weighted by molar-refractivity contribution is 9.10.